The van der Waals surface area contributed by atoms with E-state index in [4.69, 9.17) is 4.98 Å². The van der Waals surface area contributed by atoms with E-state index < -0.39 is 0 Å². The number of rotatable bonds is 1. The Morgan fingerprint density at radius 2 is 1.80 bits per heavy atom. The van der Waals surface area contributed by atoms with Crippen LogP contribution < -0.4 is 5.46 Å². The number of nitrogens with zero attached hydrogens (tertiary/aromatic N) is 2. The molecule has 4 aromatic rings. The van der Waals surface area contributed by atoms with Crippen molar-refractivity contribution in [3.8, 4) is 11.3 Å². The van der Waals surface area contributed by atoms with Crippen LogP contribution in [0.1, 0.15) is 0 Å². The minimum absolute atomic E-state index is 0.980. The van der Waals surface area contributed by atoms with Crippen LogP contribution in [-0.2, 0) is 0 Å². The van der Waals surface area contributed by atoms with Crippen molar-refractivity contribution in [2.24, 2.45) is 0 Å². The van der Waals surface area contributed by atoms with Gasteiger partial charge in [0.25, 0.3) is 0 Å². The molecule has 0 amide bonds. The van der Waals surface area contributed by atoms with Crippen LogP contribution in [0.2, 0.25) is 0 Å². The molecule has 0 spiro atoms. The van der Waals surface area contributed by atoms with Gasteiger partial charge < -0.3 is 4.40 Å². The lowest BCUT2D eigenvalue weighted by Crippen LogP contribution is -2.04. The summed E-state index contributed by atoms with van der Waals surface area (Å²) >= 11 is 0. The third kappa shape index (κ3) is 1.71. The average molecular weight is 256 g/mol. The third-order valence-electron chi connectivity index (χ3n) is 3.73. The van der Waals surface area contributed by atoms with Gasteiger partial charge in [0.2, 0.25) is 0 Å². The molecule has 0 unspecified atom stereocenters. The highest BCUT2D eigenvalue weighted by atomic mass is 15.0. The number of hydrogen-bond donors (Lipinski definition) is 0. The summed E-state index contributed by atoms with van der Waals surface area (Å²) in [4.78, 5) is 4.69. The molecule has 20 heavy (non-hydrogen) atoms. The van der Waals surface area contributed by atoms with Crippen LogP contribution in [0.15, 0.2) is 67.0 Å². The fourth-order valence-corrected chi connectivity index (χ4v) is 2.72. The zero-order valence-electron chi connectivity index (χ0n) is 11.2. The fraction of sp³-hybridized carbons (Fsp3) is 0. The maximum absolute atomic E-state index is 4.69. The van der Waals surface area contributed by atoms with E-state index in [0.29, 0.717) is 0 Å². The molecule has 0 saturated heterocycles. The molecule has 2 aromatic carbocycles. The lowest BCUT2D eigenvalue weighted by molar-refractivity contribution is 1.19. The van der Waals surface area contributed by atoms with Crippen molar-refractivity contribution >= 4 is 29.7 Å². The van der Waals surface area contributed by atoms with Crippen molar-refractivity contribution in [2.75, 3.05) is 0 Å². The summed E-state index contributed by atoms with van der Waals surface area (Å²) < 4.78 is 2.06. The molecule has 0 saturated carbocycles. The minimum Gasteiger partial charge on any atom is -0.306 e. The van der Waals surface area contributed by atoms with Crippen molar-refractivity contribution < 1.29 is 0 Å². The van der Waals surface area contributed by atoms with Gasteiger partial charge in [0.15, 0.2) is 0 Å². The van der Waals surface area contributed by atoms with Crippen LogP contribution in [-0.4, -0.2) is 17.2 Å². The Morgan fingerprint density at radius 1 is 0.950 bits per heavy atom. The Hall–Kier alpha value is -2.55. The lowest BCUT2D eigenvalue weighted by atomic mass is 9.88. The summed E-state index contributed by atoms with van der Waals surface area (Å²) in [6, 6.07) is 19.0. The van der Waals surface area contributed by atoms with Crippen LogP contribution in [0.5, 0.6) is 0 Å². The lowest BCUT2D eigenvalue weighted by Gasteiger charge is -2.05. The first-order valence-corrected chi connectivity index (χ1v) is 6.75. The van der Waals surface area contributed by atoms with Crippen molar-refractivity contribution in [1.82, 2.24) is 9.38 Å². The normalized spacial score (nSPS) is 11.2. The molecule has 0 bridgehead atoms. The highest BCUT2D eigenvalue weighted by molar-refractivity contribution is 6.39. The van der Waals surface area contributed by atoms with Gasteiger partial charge in [-0.1, -0.05) is 41.9 Å². The molecular formula is C17H13BN2. The van der Waals surface area contributed by atoms with Gasteiger partial charge >= 0.3 is 0 Å². The van der Waals surface area contributed by atoms with Gasteiger partial charge in [0.05, 0.1) is 5.69 Å². The molecule has 0 N–H and O–H groups in total. The predicted octanol–water partition coefficient (Wildman–Crippen LogP) is 2.41. The largest absolute Gasteiger partial charge is 0.306 e. The smallest absolute Gasteiger partial charge is 0.140 e. The number of aromatic nitrogens is 2. The maximum atomic E-state index is 4.69. The minimum atomic E-state index is 0.980. The first kappa shape index (κ1) is 11.3. The first-order chi connectivity index (χ1) is 9.81. The summed E-state index contributed by atoms with van der Waals surface area (Å²) in [6.07, 6.45) is 4.11. The van der Waals surface area contributed by atoms with Gasteiger partial charge in [-0.05, 0) is 29.0 Å². The van der Waals surface area contributed by atoms with Crippen molar-refractivity contribution in [1.29, 1.82) is 0 Å². The topological polar surface area (TPSA) is 17.3 Å². The second kappa shape index (κ2) is 4.24. The average Bonchev–Trinajstić information content (AvgIpc) is 2.91. The second-order valence-corrected chi connectivity index (χ2v) is 5.11. The number of fused-ring (bicyclic) bond motifs is 2. The fourth-order valence-electron chi connectivity index (χ4n) is 2.72. The summed E-state index contributed by atoms with van der Waals surface area (Å²) in [5.41, 5.74) is 4.46. The zero-order valence-corrected chi connectivity index (χ0v) is 11.2. The first-order valence-electron chi connectivity index (χ1n) is 6.75. The van der Waals surface area contributed by atoms with Crippen molar-refractivity contribution in [3.63, 3.8) is 0 Å². The molecular weight excluding hydrogens is 243 g/mol. The molecule has 0 aliphatic rings. The van der Waals surface area contributed by atoms with E-state index in [-0.39, 0.29) is 0 Å². The second-order valence-electron chi connectivity index (χ2n) is 5.11. The molecule has 4 rings (SSSR count). The molecule has 94 valence electrons. The Balaban J connectivity index is 1.97. The van der Waals surface area contributed by atoms with E-state index >= 15 is 0 Å². The van der Waals surface area contributed by atoms with Gasteiger partial charge in [-0.2, -0.15) is 0 Å². The quantitative estimate of drug-likeness (QED) is 0.478. The zero-order chi connectivity index (χ0) is 13.5. The van der Waals surface area contributed by atoms with Crippen LogP contribution in [0.4, 0.5) is 0 Å². The molecule has 2 nitrogen and oxygen atoms in total. The van der Waals surface area contributed by atoms with Gasteiger partial charge in [0, 0.05) is 18.0 Å². The SMILES string of the molecule is Bc1cc(-c2cn3ccccc3n2)cc2ccccc12. The Morgan fingerprint density at radius 3 is 2.70 bits per heavy atom. The molecule has 0 fully saturated rings. The van der Waals surface area contributed by atoms with E-state index in [1.165, 1.54) is 21.8 Å². The number of benzene rings is 2. The molecule has 0 radical (unpaired) electrons. The summed E-state index contributed by atoms with van der Waals surface area (Å²) in [5.74, 6) is 0. The van der Waals surface area contributed by atoms with Crippen LogP contribution in [0.3, 0.4) is 0 Å². The summed E-state index contributed by atoms with van der Waals surface area (Å²) in [6.45, 7) is 0. The molecule has 0 aliphatic heterocycles. The van der Waals surface area contributed by atoms with Crippen LogP contribution in [0, 0.1) is 0 Å². The van der Waals surface area contributed by atoms with E-state index in [9.17, 15) is 0 Å². The van der Waals surface area contributed by atoms with Crippen LogP contribution >= 0.6 is 0 Å². The van der Waals surface area contributed by atoms with Crippen molar-refractivity contribution in [2.45, 2.75) is 0 Å². The predicted molar refractivity (Wildman–Crippen MR) is 86.3 cm³/mol. The summed E-state index contributed by atoms with van der Waals surface area (Å²) in [5, 5.41) is 2.57. The van der Waals surface area contributed by atoms with Gasteiger partial charge in [-0.3, -0.25) is 0 Å². The van der Waals surface area contributed by atoms with E-state index in [0.717, 1.165) is 11.3 Å². The standard InChI is InChI=1S/C17H13BN2/c18-15-10-13(9-12-5-1-2-6-14(12)15)16-11-20-8-4-3-7-17(20)19-16/h1-11H,18H2. The monoisotopic (exact) mass is 256 g/mol. The molecule has 3 heteroatoms. The van der Waals surface area contributed by atoms with E-state index in [1.807, 2.05) is 24.4 Å². The third-order valence-corrected chi connectivity index (χ3v) is 3.73. The van der Waals surface area contributed by atoms with E-state index in [2.05, 4.69) is 54.8 Å². The summed E-state index contributed by atoms with van der Waals surface area (Å²) in [7, 11) is 2.15. The Labute approximate surface area is 118 Å². The number of hydrogen-bond acceptors (Lipinski definition) is 1. The van der Waals surface area contributed by atoms with Crippen molar-refractivity contribution in [3.05, 3.63) is 67.0 Å². The molecule has 2 aromatic heterocycles. The van der Waals surface area contributed by atoms with Crippen LogP contribution in [0.25, 0.3) is 27.7 Å². The maximum Gasteiger partial charge on any atom is 0.140 e. The molecule has 0 atom stereocenters. The highest BCUT2D eigenvalue weighted by Gasteiger charge is 2.06. The molecule has 2 heterocycles. The van der Waals surface area contributed by atoms with E-state index in [1.54, 1.807) is 0 Å². The van der Waals surface area contributed by atoms with Gasteiger partial charge in [-0.25, -0.2) is 4.98 Å². The molecule has 0 aliphatic carbocycles. The van der Waals surface area contributed by atoms with Gasteiger partial charge in [-0.15, -0.1) is 0 Å². The Kier molecular flexibility index (Phi) is 2.39. The number of pyridine rings is 1. The Bertz CT molecular complexity index is 891. The highest BCUT2D eigenvalue weighted by Crippen LogP contribution is 2.22. The number of imidazole rings is 1. The van der Waals surface area contributed by atoms with Gasteiger partial charge in [0.1, 0.15) is 13.5 Å².